The summed E-state index contributed by atoms with van der Waals surface area (Å²) in [5.41, 5.74) is 0. The van der Waals surface area contributed by atoms with Crippen LogP contribution >= 0.6 is 11.3 Å². The molecule has 0 radical (unpaired) electrons. The highest BCUT2D eigenvalue weighted by Gasteiger charge is 2.21. The monoisotopic (exact) mass is 308 g/mol. The van der Waals surface area contributed by atoms with Gasteiger partial charge in [0.25, 0.3) is 5.91 Å². The van der Waals surface area contributed by atoms with Gasteiger partial charge in [-0.05, 0) is 37.3 Å². The Bertz CT molecular complexity index is 447. The summed E-state index contributed by atoms with van der Waals surface area (Å²) in [6.07, 6.45) is 4.11. The van der Waals surface area contributed by atoms with Crippen LogP contribution in [-0.2, 0) is 0 Å². The molecule has 21 heavy (non-hydrogen) atoms. The Morgan fingerprint density at radius 3 is 3.00 bits per heavy atom. The lowest BCUT2D eigenvalue weighted by Gasteiger charge is -2.23. The number of aliphatic hydroxyl groups excluding tert-OH is 1. The fourth-order valence-corrected chi connectivity index (χ4v) is 3.30. The summed E-state index contributed by atoms with van der Waals surface area (Å²) in [6.45, 7) is 7.69. The standard InChI is InChI=1S/C16H24N2O2S/c1-2-3-6-14(19)13-17-8-5-9-18(11-10-17)16(20)15-7-4-12-21-15/h2,4,7,12,14,19H,1,3,5-6,8-11,13H2. The summed E-state index contributed by atoms with van der Waals surface area (Å²) in [5.74, 6) is 0.138. The van der Waals surface area contributed by atoms with Gasteiger partial charge >= 0.3 is 0 Å². The molecule has 1 N–H and O–H groups in total. The molecule has 1 aliphatic heterocycles. The van der Waals surface area contributed by atoms with Gasteiger partial charge in [0.15, 0.2) is 0 Å². The third-order valence-electron chi connectivity index (χ3n) is 3.78. The number of β-amino-alcohol motifs (C(OH)–C–C–N with tert-alkyl or cyclic N) is 1. The van der Waals surface area contributed by atoms with Crippen molar-refractivity contribution in [1.29, 1.82) is 0 Å². The molecule has 1 amide bonds. The zero-order valence-corrected chi connectivity index (χ0v) is 13.2. The second-order valence-electron chi connectivity index (χ2n) is 5.44. The first-order chi connectivity index (χ1) is 10.2. The van der Waals surface area contributed by atoms with Gasteiger partial charge in [-0.25, -0.2) is 0 Å². The molecular weight excluding hydrogens is 284 g/mol. The third-order valence-corrected chi connectivity index (χ3v) is 4.64. The number of aliphatic hydroxyl groups is 1. The highest BCUT2D eigenvalue weighted by Crippen LogP contribution is 2.14. The number of rotatable bonds is 6. The molecule has 1 atom stereocenters. The van der Waals surface area contributed by atoms with Gasteiger partial charge in [0.05, 0.1) is 11.0 Å². The molecule has 1 fully saturated rings. The van der Waals surface area contributed by atoms with E-state index in [1.807, 2.05) is 28.5 Å². The molecule has 1 aliphatic rings. The average molecular weight is 308 g/mol. The van der Waals surface area contributed by atoms with Crippen molar-refractivity contribution in [1.82, 2.24) is 9.80 Å². The van der Waals surface area contributed by atoms with Crippen molar-refractivity contribution in [2.75, 3.05) is 32.7 Å². The molecule has 1 unspecified atom stereocenters. The summed E-state index contributed by atoms with van der Waals surface area (Å²) in [7, 11) is 0. The van der Waals surface area contributed by atoms with E-state index in [1.54, 1.807) is 0 Å². The molecule has 2 rings (SSSR count). The van der Waals surface area contributed by atoms with E-state index in [9.17, 15) is 9.90 Å². The minimum absolute atomic E-state index is 0.138. The fourth-order valence-electron chi connectivity index (χ4n) is 2.61. The van der Waals surface area contributed by atoms with Crippen LogP contribution in [0.1, 0.15) is 28.9 Å². The van der Waals surface area contributed by atoms with Crippen molar-refractivity contribution in [3.05, 3.63) is 35.0 Å². The Balaban J connectivity index is 1.81. The number of amides is 1. The maximum atomic E-state index is 12.3. The first-order valence-corrected chi connectivity index (χ1v) is 8.42. The van der Waals surface area contributed by atoms with E-state index in [4.69, 9.17) is 0 Å². The number of hydrogen-bond acceptors (Lipinski definition) is 4. The quantitative estimate of drug-likeness (QED) is 0.820. The highest BCUT2D eigenvalue weighted by atomic mass is 32.1. The number of allylic oxidation sites excluding steroid dienone is 1. The van der Waals surface area contributed by atoms with E-state index in [-0.39, 0.29) is 12.0 Å². The molecule has 5 heteroatoms. The van der Waals surface area contributed by atoms with Crippen LogP contribution < -0.4 is 0 Å². The van der Waals surface area contributed by atoms with E-state index >= 15 is 0 Å². The van der Waals surface area contributed by atoms with Crippen LogP contribution in [0.3, 0.4) is 0 Å². The van der Waals surface area contributed by atoms with E-state index in [0.29, 0.717) is 6.54 Å². The molecule has 1 saturated heterocycles. The van der Waals surface area contributed by atoms with Crippen LogP contribution in [0, 0.1) is 0 Å². The van der Waals surface area contributed by atoms with Crippen LogP contribution in [0.2, 0.25) is 0 Å². The summed E-state index contributed by atoms with van der Waals surface area (Å²) < 4.78 is 0. The number of nitrogens with zero attached hydrogens (tertiary/aromatic N) is 2. The lowest BCUT2D eigenvalue weighted by Crippen LogP contribution is -2.37. The van der Waals surface area contributed by atoms with Gasteiger partial charge < -0.3 is 10.0 Å². The van der Waals surface area contributed by atoms with Gasteiger partial charge in [0, 0.05) is 26.2 Å². The normalized spacial score (nSPS) is 18.2. The van der Waals surface area contributed by atoms with Gasteiger partial charge in [0.2, 0.25) is 0 Å². The van der Waals surface area contributed by atoms with Crippen LogP contribution in [0.4, 0.5) is 0 Å². The Kier molecular flexibility index (Phi) is 6.42. The van der Waals surface area contributed by atoms with Crippen molar-refractivity contribution in [3.63, 3.8) is 0 Å². The Hall–Kier alpha value is -1.17. The minimum atomic E-state index is -0.303. The SMILES string of the molecule is C=CCCC(O)CN1CCCN(C(=O)c2cccs2)CC1. The topological polar surface area (TPSA) is 43.8 Å². The highest BCUT2D eigenvalue weighted by molar-refractivity contribution is 7.12. The average Bonchev–Trinajstić information content (AvgIpc) is 2.92. The molecule has 116 valence electrons. The Morgan fingerprint density at radius 1 is 1.43 bits per heavy atom. The predicted molar refractivity (Wildman–Crippen MR) is 86.7 cm³/mol. The number of carbonyl (C=O) groups is 1. The van der Waals surface area contributed by atoms with Crippen molar-refractivity contribution in [3.8, 4) is 0 Å². The summed E-state index contributed by atoms with van der Waals surface area (Å²) in [6, 6.07) is 3.80. The molecule has 1 aromatic rings. The van der Waals surface area contributed by atoms with Gasteiger partial charge in [0.1, 0.15) is 0 Å². The van der Waals surface area contributed by atoms with Crippen molar-refractivity contribution >= 4 is 17.2 Å². The zero-order chi connectivity index (χ0) is 15.1. The van der Waals surface area contributed by atoms with Gasteiger partial charge in [-0.2, -0.15) is 0 Å². The van der Waals surface area contributed by atoms with E-state index in [1.165, 1.54) is 11.3 Å². The molecule has 0 aliphatic carbocycles. The van der Waals surface area contributed by atoms with Crippen molar-refractivity contribution in [2.24, 2.45) is 0 Å². The first kappa shape index (κ1) is 16.2. The second kappa shape index (κ2) is 8.32. The zero-order valence-electron chi connectivity index (χ0n) is 12.4. The number of hydrogen-bond donors (Lipinski definition) is 1. The fraction of sp³-hybridized carbons (Fsp3) is 0.562. The summed E-state index contributed by atoms with van der Waals surface area (Å²) >= 11 is 1.50. The molecule has 0 bridgehead atoms. The smallest absolute Gasteiger partial charge is 0.263 e. The van der Waals surface area contributed by atoms with Crippen molar-refractivity contribution in [2.45, 2.75) is 25.4 Å². The summed E-state index contributed by atoms with van der Waals surface area (Å²) in [5, 5.41) is 11.9. The minimum Gasteiger partial charge on any atom is -0.392 e. The van der Waals surface area contributed by atoms with E-state index in [2.05, 4.69) is 11.5 Å². The molecule has 0 spiro atoms. The van der Waals surface area contributed by atoms with E-state index in [0.717, 1.165) is 50.3 Å². The summed E-state index contributed by atoms with van der Waals surface area (Å²) in [4.78, 5) is 17.3. The molecule has 2 heterocycles. The molecule has 0 aromatic carbocycles. The second-order valence-corrected chi connectivity index (χ2v) is 6.39. The largest absolute Gasteiger partial charge is 0.392 e. The van der Waals surface area contributed by atoms with Gasteiger partial charge in [-0.15, -0.1) is 17.9 Å². The molecule has 0 saturated carbocycles. The number of carbonyl (C=O) groups excluding carboxylic acids is 1. The Morgan fingerprint density at radius 2 is 2.29 bits per heavy atom. The van der Waals surface area contributed by atoms with Crippen LogP contribution in [0.15, 0.2) is 30.2 Å². The maximum Gasteiger partial charge on any atom is 0.263 e. The Labute approximate surface area is 130 Å². The third kappa shape index (κ3) is 4.95. The lowest BCUT2D eigenvalue weighted by molar-refractivity contribution is 0.0758. The van der Waals surface area contributed by atoms with Gasteiger partial charge in [-0.3, -0.25) is 9.69 Å². The van der Waals surface area contributed by atoms with E-state index < -0.39 is 0 Å². The number of thiophene rings is 1. The lowest BCUT2D eigenvalue weighted by atomic mass is 10.2. The maximum absolute atomic E-state index is 12.3. The van der Waals surface area contributed by atoms with Gasteiger partial charge in [-0.1, -0.05) is 12.1 Å². The molecular formula is C16H24N2O2S. The predicted octanol–water partition coefficient (Wildman–Crippen LogP) is 2.22. The first-order valence-electron chi connectivity index (χ1n) is 7.55. The van der Waals surface area contributed by atoms with Crippen molar-refractivity contribution < 1.29 is 9.90 Å². The van der Waals surface area contributed by atoms with Crippen LogP contribution in [-0.4, -0.2) is 59.6 Å². The molecule has 4 nitrogen and oxygen atoms in total. The van der Waals surface area contributed by atoms with Crippen LogP contribution in [0.25, 0.3) is 0 Å². The molecule has 1 aromatic heterocycles. The van der Waals surface area contributed by atoms with Crippen LogP contribution in [0.5, 0.6) is 0 Å².